The van der Waals surface area contributed by atoms with Gasteiger partial charge in [0.2, 0.25) is 0 Å². The van der Waals surface area contributed by atoms with Gasteiger partial charge in [-0.3, -0.25) is 44.3 Å². The maximum Gasteiger partial charge on any atom is 0.410 e. The third kappa shape index (κ3) is 29.8. The molecule has 3 atom stereocenters. The lowest BCUT2D eigenvalue weighted by Gasteiger charge is -2.33. The van der Waals surface area contributed by atoms with E-state index in [9.17, 15) is 33.6 Å². The molecule has 10 heterocycles. The normalized spacial score (nSPS) is 17.7. The third-order valence-corrected chi connectivity index (χ3v) is 19.9. The number of ether oxygens (including phenoxy) is 6. The van der Waals surface area contributed by atoms with Gasteiger partial charge in [0.05, 0.1) is 19.6 Å². The highest BCUT2D eigenvalue weighted by Crippen LogP contribution is 2.32. The summed E-state index contributed by atoms with van der Waals surface area (Å²) in [6.45, 7) is 22.8. The van der Waals surface area contributed by atoms with Crippen LogP contribution in [0.5, 0.6) is 0 Å². The molecule has 3 unspecified atom stereocenters. The molecule has 4 saturated heterocycles. The molecule has 119 heavy (non-hydrogen) atoms. The molecule has 0 radical (unpaired) electrons. The smallest absolute Gasteiger partial charge is 0.410 e. The highest BCUT2D eigenvalue weighted by atomic mass is 79.9. The Balaban J connectivity index is 0.000000170. The molecule has 0 aliphatic carbocycles. The minimum absolute atomic E-state index is 0.180. The van der Waals surface area contributed by atoms with Crippen LogP contribution >= 0.6 is 15.9 Å². The number of halogens is 1. The number of hydroxylamine groups is 7. The molecule has 3 aromatic carbocycles. The summed E-state index contributed by atoms with van der Waals surface area (Å²) in [5, 5.41) is 12.7. The van der Waals surface area contributed by atoms with Gasteiger partial charge in [-0.15, -0.1) is 0 Å². The number of piperidine rings is 1. The van der Waals surface area contributed by atoms with E-state index in [-0.39, 0.29) is 47.6 Å². The summed E-state index contributed by atoms with van der Waals surface area (Å²) in [5.74, 6) is -1.29. The monoisotopic (exact) mass is 1700 g/mol. The van der Waals surface area contributed by atoms with Crippen LogP contribution in [0.15, 0.2) is 181 Å². The summed E-state index contributed by atoms with van der Waals surface area (Å²) >= 11 is 3.37. The number of hydrogen-bond donors (Lipinski definition) is 2. The molecule has 6 aliphatic heterocycles. The predicted molar refractivity (Wildman–Crippen MR) is 447 cm³/mol. The molecule has 6 aliphatic rings. The molecule has 0 saturated carbocycles. The Morgan fingerprint density at radius 2 is 0.790 bits per heavy atom. The summed E-state index contributed by atoms with van der Waals surface area (Å²) < 4.78 is 34.2. The second-order valence-corrected chi connectivity index (χ2v) is 33.3. The summed E-state index contributed by atoms with van der Waals surface area (Å²) in [6.07, 6.45) is 19.5. The van der Waals surface area contributed by atoms with Gasteiger partial charge in [-0.25, -0.2) is 49.6 Å². The van der Waals surface area contributed by atoms with Gasteiger partial charge >= 0.3 is 18.3 Å². The third-order valence-electron chi connectivity index (χ3n) is 19.4. The van der Waals surface area contributed by atoms with Crippen LogP contribution in [0.25, 0.3) is 11.1 Å². The quantitative estimate of drug-likeness (QED) is 0.0432. The first-order valence-corrected chi connectivity index (χ1v) is 41.6. The van der Waals surface area contributed by atoms with Crippen molar-refractivity contribution in [3.63, 3.8) is 0 Å². The van der Waals surface area contributed by atoms with Crippen molar-refractivity contribution in [2.45, 2.75) is 207 Å². The molecule has 7 amide bonds. The van der Waals surface area contributed by atoms with Gasteiger partial charge in [-0.1, -0.05) is 119 Å². The van der Waals surface area contributed by atoms with E-state index in [0.29, 0.717) is 109 Å². The largest absolute Gasteiger partial charge is 0.444 e. The van der Waals surface area contributed by atoms with Crippen LogP contribution in [0.3, 0.4) is 0 Å². The first kappa shape index (κ1) is 90.9. The fraction of sp³-hybridized carbons (Fsp3) is 0.456. The van der Waals surface area contributed by atoms with Gasteiger partial charge in [0, 0.05) is 108 Å². The summed E-state index contributed by atoms with van der Waals surface area (Å²) in [7, 11) is 0. The van der Waals surface area contributed by atoms with Gasteiger partial charge in [0.15, 0.2) is 18.9 Å². The van der Waals surface area contributed by atoms with E-state index < -0.39 is 41.6 Å². The van der Waals surface area contributed by atoms with Crippen molar-refractivity contribution in [2.75, 3.05) is 59.1 Å². The van der Waals surface area contributed by atoms with E-state index in [1.165, 1.54) is 15.2 Å². The molecular weight excluding hydrogens is 1590 g/mol. The number of benzene rings is 3. The number of amides is 7. The second kappa shape index (κ2) is 44.6. The van der Waals surface area contributed by atoms with Crippen LogP contribution < -0.4 is 5.48 Å². The second-order valence-electron chi connectivity index (χ2n) is 32.4. The van der Waals surface area contributed by atoms with Crippen LogP contribution in [-0.2, 0) is 62.6 Å². The van der Waals surface area contributed by atoms with Gasteiger partial charge in [-0.05, 0) is 225 Å². The average molecular weight is 1700 g/mol. The SMILES string of the molecule is CC(C)(C)OC(=O)N1CC=C(c2ccnc(C(=O)N(Cc3ccccc3)OC3CCCCO3)c2)CC1.CC(C)(C)OC(=O)N1CC=C(c2ccnc(C(=O)N(Cc3ccccc3)OC3CCCCO3)c2)CC1.CC(C)(C)OC(=O)N1CCC(c2ccnc(C(=O)NO)c2)CC1.O=C(c1cc(Br)ccn1)N(Cc1ccccc1)OC1CCCCO1. The fourth-order valence-corrected chi connectivity index (χ4v) is 13.7. The number of carbonyl (C=O) groups is 7. The van der Waals surface area contributed by atoms with Gasteiger partial charge in [0.25, 0.3) is 23.6 Å². The highest BCUT2D eigenvalue weighted by molar-refractivity contribution is 9.10. The van der Waals surface area contributed by atoms with Gasteiger partial charge in [-0.2, -0.15) is 0 Å². The Hall–Kier alpha value is -10.4. The van der Waals surface area contributed by atoms with E-state index in [0.717, 1.165) is 120 Å². The number of nitrogens with one attached hydrogen (secondary N) is 1. The van der Waals surface area contributed by atoms with E-state index >= 15 is 0 Å². The zero-order valence-corrected chi connectivity index (χ0v) is 71.1. The van der Waals surface area contributed by atoms with E-state index in [2.05, 4.69) is 35.9 Å². The molecular formula is C90H112BrN11O17. The van der Waals surface area contributed by atoms with Crippen LogP contribution in [0, 0.1) is 0 Å². The predicted octanol–water partition coefficient (Wildman–Crippen LogP) is 16.7. The lowest BCUT2D eigenvalue weighted by Crippen LogP contribution is -2.41. The Kier molecular flexibility index (Phi) is 34.1. The number of nitrogens with zero attached hydrogens (tertiary/aromatic N) is 10. The summed E-state index contributed by atoms with van der Waals surface area (Å²) in [5.41, 5.74) is 8.97. The van der Waals surface area contributed by atoms with Crippen LogP contribution in [0.2, 0.25) is 0 Å². The zero-order valence-electron chi connectivity index (χ0n) is 69.6. The topological polar surface area (TPSA) is 306 Å². The molecule has 0 bridgehead atoms. The average Bonchev–Trinajstić information content (AvgIpc) is 0.889. The van der Waals surface area contributed by atoms with E-state index in [4.69, 9.17) is 48.1 Å². The molecule has 636 valence electrons. The molecule has 0 spiro atoms. The molecule has 2 N–H and O–H groups in total. The number of aromatic nitrogens is 4. The van der Waals surface area contributed by atoms with Crippen molar-refractivity contribution < 1.29 is 81.7 Å². The van der Waals surface area contributed by atoms with Crippen molar-refractivity contribution in [1.29, 1.82) is 0 Å². The Bertz CT molecular complexity index is 4340. The number of carbonyl (C=O) groups excluding carboxylic acids is 7. The van der Waals surface area contributed by atoms with Crippen molar-refractivity contribution in [1.82, 2.24) is 55.3 Å². The lowest BCUT2D eigenvalue weighted by molar-refractivity contribution is -0.270. The maximum absolute atomic E-state index is 13.5. The first-order valence-electron chi connectivity index (χ1n) is 40.8. The minimum atomic E-state index is -0.627. The fourth-order valence-electron chi connectivity index (χ4n) is 13.4. The van der Waals surface area contributed by atoms with Gasteiger partial charge < -0.3 is 43.1 Å². The molecule has 28 nitrogen and oxygen atoms in total. The van der Waals surface area contributed by atoms with Crippen molar-refractivity contribution in [2.24, 2.45) is 0 Å². The Morgan fingerprint density at radius 1 is 0.437 bits per heavy atom. The number of hydrogen-bond acceptors (Lipinski definition) is 21. The highest BCUT2D eigenvalue weighted by Gasteiger charge is 2.33. The van der Waals surface area contributed by atoms with Crippen LogP contribution in [0.1, 0.15) is 227 Å². The standard InChI is InChI=1S/2C28H35N3O5.C18H19BrN2O3.C16H23N3O4/c2*1-28(2,3)35-27(33)30-16-13-22(14-17-30)23-12-15-29-24(19-23)26(32)31(20-21-9-5-4-6-10-21)36-25-11-7-8-18-34-25;19-15-9-10-20-16(12-15)18(22)21(13-14-6-2-1-3-7-14)24-17-8-4-5-11-23-17;1-16(2,3)23-15(21)19-8-5-11(6-9-19)12-4-7-17-13(10-12)14(20)18-22/h2*4-6,9-10,12-13,15,19,25H,7-8,11,14,16-18,20H2,1-3H3;1-3,6-7,9-10,12,17H,4-5,8,11,13H2;4,7,10-11,22H,5-6,8-9H2,1-3H3,(H,18,20). The molecule has 4 fully saturated rings. The minimum Gasteiger partial charge on any atom is -0.444 e. The Morgan fingerprint density at radius 3 is 1.13 bits per heavy atom. The number of likely N-dealkylation sites (tertiary alicyclic amines) is 1. The lowest BCUT2D eigenvalue weighted by atomic mass is 9.90. The Labute approximate surface area is 705 Å². The zero-order chi connectivity index (χ0) is 84.9. The van der Waals surface area contributed by atoms with Crippen molar-refractivity contribution in [3.8, 4) is 0 Å². The van der Waals surface area contributed by atoms with Crippen LogP contribution in [-0.4, -0.2) is 192 Å². The molecule has 13 rings (SSSR count). The van der Waals surface area contributed by atoms with E-state index in [1.54, 1.807) is 75.3 Å². The van der Waals surface area contributed by atoms with Gasteiger partial charge in [0.1, 0.15) is 39.6 Å². The van der Waals surface area contributed by atoms with Crippen molar-refractivity contribution >= 4 is 69.0 Å². The van der Waals surface area contributed by atoms with E-state index in [1.807, 2.05) is 184 Å². The maximum atomic E-state index is 13.5. The summed E-state index contributed by atoms with van der Waals surface area (Å²) in [6, 6.07) is 43.5. The molecule has 7 aromatic rings. The number of rotatable bonds is 19. The molecule has 4 aromatic heterocycles. The number of pyridine rings is 4. The molecule has 29 heteroatoms. The van der Waals surface area contributed by atoms with Crippen molar-refractivity contribution in [3.05, 3.63) is 237 Å². The van der Waals surface area contributed by atoms with Crippen LogP contribution in [0.4, 0.5) is 14.4 Å². The first-order chi connectivity index (χ1) is 57.1. The summed E-state index contributed by atoms with van der Waals surface area (Å²) in [4.78, 5) is 128.